The fourth-order valence-electron chi connectivity index (χ4n) is 1.01. The van der Waals surface area contributed by atoms with Gasteiger partial charge in [-0.3, -0.25) is 4.79 Å². The number of carbonyl (C=O) groups excluding carboxylic acids is 1. The third kappa shape index (κ3) is 3.76. The van der Waals surface area contributed by atoms with E-state index >= 15 is 0 Å². The molecule has 0 radical (unpaired) electrons. The second-order valence-corrected chi connectivity index (χ2v) is 3.29. The van der Waals surface area contributed by atoms with Crippen molar-refractivity contribution in [1.82, 2.24) is 0 Å². The Kier molecular flexibility index (Phi) is 6.60. The van der Waals surface area contributed by atoms with Gasteiger partial charge in [0.2, 0.25) is 0 Å². The van der Waals surface area contributed by atoms with Crippen LogP contribution in [-0.4, -0.2) is 85.3 Å². The SMILES string of the molecule is O=C(CO)[C@@H](O)[C@@H](O)[C@@H](O)[C@H](O)[C@H](O)CO. The highest BCUT2D eigenvalue weighted by Gasteiger charge is 2.36. The van der Waals surface area contributed by atoms with Gasteiger partial charge in [-0.05, 0) is 0 Å². The van der Waals surface area contributed by atoms with Crippen molar-refractivity contribution in [3.8, 4) is 0 Å². The van der Waals surface area contributed by atoms with Gasteiger partial charge in [0.05, 0.1) is 6.61 Å². The van der Waals surface area contributed by atoms with E-state index in [-0.39, 0.29) is 0 Å². The van der Waals surface area contributed by atoms with Crippen molar-refractivity contribution in [2.45, 2.75) is 30.5 Å². The molecule has 0 aromatic heterocycles. The summed E-state index contributed by atoms with van der Waals surface area (Å²) in [6, 6.07) is 0. The molecule has 0 saturated carbocycles. The zero-order chi connectivity index (χ0) is 12.9. The van der Waals surface area contributed by atoms with E-state index in [1.807, 2.05) is 0 Å². The number of rotatable bonds is 7. The van der Waals surface area contributed by atoms with Crippen molar-refractivity contribution in [3.05, 3.63) is 0 Å². The van der Waals surface area contributed by atoms with Gasteiger partial charge in [0.1, 0.15) is 37.1 Å². The first-order chi connectivity index (χ1) is 7.36. The fourth-order valence-corrected chi connectivity index (χ4v) is 1.01. The average molecular weight is 240 g/mol. The Labute approximate surface area is 91.0 Å². The molecule has 0 saturated heterocycles. The monoisotopic (exact) mass is 240 g/mol. The fraction of sp³-hybridized carbons (Fsp3) is 0.875. The Morgan fingerprint density at radius 1 is 0.875 bits per heavy atom. The van der Waals surface area contributed by atoms with Gasteiger partial charge in [0, 0.05) is 0 Å². The summed E-state index contributed by atoms with van der Waals surface area (Å²) < 4.78 is 0. The van der Waals surface area contributed by atoms with Crippen LogP contribution in [0, 0.1) is 0 Å². The summed E-state index contributed by atoms with van der Waals surface area (Å²) in [6.07, 6.45) is -9.84. The van der Waals surface area contributed by atoms with Crippen molar-refractivity contribution in [2.24, 2.45) is 0 Å². The average Bonchev–Trinajstić information content (AvgIpc) is 2.32. The molecule has 0 aliphatic rings. The summed E-state index contributed by atoms with van der Waals surface area (Å²) in [5.41, 5.74) is 0. The van der Waals surface area contributed by atoms with Crippen LogP contribution in [0.2, 0.25) is 0 Å². The predicted molar refractivity (Wildman–Crippen MR) is 49.2 cm³/mol. The molecule has 96 valence electrons. The highest BCUT2D eigenvalue weighted by molar-refractivity contribution is 5.84. The van der Waals surface area contributed by atoms with Gasteiger partial charge >= 0.3 is 0 Å². The summed E-state index contributed by atoms with van der Waals surface area (Å²) in [6.45, 7) is -1.90. The van der Waals surface area contributed by atoms with E-state index in [1.165, 1.54) is 0 Å². The molecule has 0 spiro atoms. The van der Waals surface area contributed by atoms with E-state index in [0.29, 0.717) is 0 Å². The third-order valence-electron chi connectivity index (χ3n) is 2.09. The van der Waals surface area contributed by atoms with Gasteiger partial charge in [0.15, 0.2) is 5.78 Å². The third-order valence-corrected chi connectivity index (χ3v) is 2.09. The summed E-state index contributed by atoms with van der Waals surface area (Å²) in [4.78, 5) is 10.8. The molecule has 0 rings (SSSR count). The van der Waals surface area contributed by atoms with E-state index in [4.69, 9.17) is 25.5 Å². The zero-order valence-electron chi connectivity index (χ0n) is 8.34. The lowest BCUT2D eigenvalue weighted by molar-refractivity contribution is -0.157. The van der Waals surface area contributed by atoms with Gasteiger partial charge in [-0.2, -0.15) is 0 Å². The summed E-state index contributed by atoms with van der Waals surface area (Å²) in [5, 5.41) is 62.5. The van der Waals surface area contributed by atoms with E-state index < -0.39 is 49.5 Å². The number of ketones is 1. The quantitative estimate of drug-likeness (QED) is 0.234. The number of hydrogen-bond acceptors (Lipinski definition) is 8. The number of aliphatic hydroxyl groups excluding tert-OH is 7. The molecule has 0 fully saturated rings. The van der Waals surface area contributed by atoms with Crippen molar-refractivity contribution in [1.29, 1.82) is 0 Å². The van der Waals surface area contributed by atoms with Gasteiger partial charge < -0.3 is 35.7 Å². The molecule has 0 aromatic carbocycles. The van der Waals surface area contributed by atoms with E-state index in [9.17, 15) is 15.0 Å². The molecule has 8 heteroatoms. The van der Waals surface area contributed by atoms with Crippen LogP contribution >= 0.6 is 0 Å². The molecular weight excluding hydrogens is 224 g/mol. The maximum Gasteiger partial charge on any atom is 0.189 e. The largest absolute Gasteiger partial charge is 0.394 e. The lowest BCUT2D eigenvalue weighted by Crippen LogP contribution is -2.52. The lowest BCUT2D eigenvalue weighted by Gasteiger charge is -2.27. The first-order valence-electron chi connectivity index (χ1n) is 4.51. The second-order valence-electron chi connectivity index (χ2n) is 3.29. The number of Topliss-reactive ketones (excluding diaryl/α,β-unsaturated/α-hetero) is 1. The van der Waals surface area contributed by atoms with Crippen LogP contribution in [0.15, 0.2) is 0 Å². The van der Waals surface area contributed by atoms with Crippen molar-refractivity contribution >= 4 is 5.78 Å². The van der Waals surface area contributed by atoms with Crippen LogP contribution in [0.3, 0.4) is 0 Å². The van der Waals surface area contributed by atoms with Crippen molar-refractivity contribution in [3.63, 3.8) is 0 Å². The van der Waals surface area contributed by atoms with Crippen LogP contribution in [0.5, 0.6) is 0 Å². The number of hydrogen-bond donors (Lipinski definition) is 7. The molecule has 0 unspecified atom stereocenters. The molecule has 16 heavy (non-hydrogen) atoms. The normalized spacial score (nSPS) is 20.9. The molecule has 0 aromatic rings. The van der Waals surface area contributed by atoms with E-state index in [0.717, 1.165) is 0 Å². The molecule has 0 amide bonds. The van der Waals surface area contributed by atoms with Crippen LogP contribution in [0.4, 0.5) is 0 Å². The molecule has 0 heterocycles. The molecule has 0 aliphatic heterocycles. The van der Waals surface area contributed by atoms with Crippen molar-refractivity contribution < 1.29 is 40.5 Å². The first-order valence-corrected chi connectivity index (χ1v) is 4.51. The van der Waals surface area contributed by atoms with Crippen LogP contribution in [0.25, 0.3) is 0 Å². The van der Waals surface area contributed by atoms with E-state index in [1.54, 1.807) is 0 Å². The summed E-state index contributed by atoms with van der Waals surface area (Å²) in [5.74, 6) is -1.14. The highest BCUT2D eigenvalue weighted by Crippen LogP contribution is 2.09. The van der Waals surface area contributed by atoms with E-state index in [2.05, 4.69) is 0 Å². The van der Waals surface area contributed by atoms with Gasteiger partial charge in [-0.1, -0.05) is 0 Å². The zero-order valence-corrected chi connectivity index (χ0v) is 8.34. The standard InChI is InChI=1S/C8H16O8/c9-1-3(11)5(13)7(15)8(16)6(14)4(12)2-10/h3,5-11,13-16H,1-2H2/t3-,5-,6-,7+,8-/m1/s1. The minimum absolute atomic E-state index is 0.866. The van der Waals surface area contributed by atoms with Crippen molar-refractivity contribution in [2.75, 3.05) is 13.2 Å². The number of aliphatic hydroxyl groups is 7. The number of carbonyl (C=O) groups is 1. The predicted octanol–water partition coefficient (Wildman–Crippen LogP) is -4.66. The Bertz CT molecular complexity index is 220. The van der Waals surface area contributed by atoms with Crippen LogP contribution in [-0.2, 0) is 4.79 Å². The minimum atomic E-state index is -2.08. The van der Waals surface area contributed by atoms with Gasteiger partial charge in [-0.15, -0.1) is 0 Å². The van der Waals surface area contributed by atoms with Crippen LogP contribution in [0.1, 0.15) is 0 Å². The van der Waals surface area contributed by atoms with Crippen LogP contribution < -0.4 is 0 Å². The van der Waals surface area contributed by atoms with Gasteiger partial charge in [-0.25, -0.2) is 0 Å². The molecule has 0 aliphatic carbocycles. The molecule has 8 nitrogen and oxygen atoms in total. The highest BCUT2D eigenvalue weighted by atomic mass is 16.4. The Morgan fingerprint density at radius 2 is 1.38 bits per heavy atom. The molecular formula is C8H16O8. The molecule has 7 N–H and O–H groups in total. The topological polar surface area (TPSA) is 159 Å². The molecule has 0 bridgehead atoms. The molecule has 5 atom stereocenters. The second kappa shape index (κ2) is 6.86. The first kappa shape index (κ1) is 15.4. The smallest absolute Gasteiger partial charge is 0.189 e. The summed E-state index contributed by atoms with van der Waals surface area (Å²) in [7, 11) is 0. The Hall–Kier alpha value is -0.610. The van der Waals surface area contributed by atoms with Gasteiger partial charge in [0.25, 0.3) is 0 Å². The lowest BCUT2D eigenvalue weighted by atomic mass is 9.97. The maximum atomic E-state index is 10.8. The maximum absolute atomic E-state index is 10.8. The Morgan fingerprint density at radius 3 is 1.75 bits per heavy atom. The minimum Gasteiger partial charge on any atom is -0.394 e. The Balaban J connectivity index is 4.47. The summed E-state index contributed by atoms with van der Waals surface area (Å²) >= 11 is 0.